The van der Waals surface area contributed by atoms with E-state index in [4.69, 9.17) is 0 Å². The fourth-order valence-corrected chi connectivity index (χ4v) is 5.88. The summed E-state index contributed by atoms with van der Waals surface area (Å²) in [7, 11) is 4.28. The number of aryl methyl sites for hydroxylation is 1. The molecule has 2 aliphatic heterocycles. The van der Waals surface area contributed by atoms with Gasteiger partial charge in [0.15, 0.2) is 16.5 Å². The number of Topliss-reactive ketones (excluding diaryl/α,β-unsaturated/α-hetero) is 1. The Morgan fingerprint density at radius 1 is 0.907 bits per heavy atom. The number of aromatic amines is 1. The Balaban J connectivity index is 0.000000334. The molecule has 6 N–H and O–H groups in total. The molecule has 3 aromatic rings. The van der Waals surface area contributed by atoms with Crippen LogP contribution in [0.4, 0.5) is 23.4 Å². The second-order valence-corrected chi connectivity index (χ2v) is 14.4. The van der Waals surface area contributed by atoms with E-state index in [0.717, 1.165) is 85.3 Å². The normalized spacial score (nSPS) is 15.8. The number of ketones is 1. The van der Waals surface area contributed by atoms with Gasteiger partial charge in [0.25, 0.3) is 5.78 Å². The number of nitrogens with one attached hydrogen (secondary N) is 1. The molecule has 19 heteroatoms. The summed E-state index contributed by atoms with van der Waals surface area (Å²) in [4.78, 5) is 47.8. The molecule has 12 nitrogen and oxygen atoms in total. The van der Waals surface area contributed by atoms with Gasteiger partial charge in [0, 0.05) is 64.2 Å². The predicted octanol–water partition coefficient (Wildman–Crippen LogP) is 3.87. The van der Waals surface area contributed by atoms with Gasteiger partial charge in [-0.15, -0.1) is 0 Å². The van der Waals surface area contributed by atoms with E-state index in [1.165, 1.54) is 11.3 Å². The number of rotatable bonds is 5. The summed E-state index contributed by atoms with van der Waals surface area (Å²) in [5.74, 6) is -0.909. The smallest absolute Gasteiger partial charge is 0.412 e. The minimum atomic E-state index is -4.75. The number of piperazine rings is 2. The molecule has 43 heavy (non-hydrogen) atoms. The van der Waals surface area contributed by atoms with Crippen molar-refractivity contribution in [2.75, 3.05) is 76.3 Å². The second kappa shape index (κ2) is 18.1. The number of H-pyrrole nitrogens is 1. The van der Waals surface area contributed by atoms with Crippen molar-refractivity contribution in [1.29, 1.82) is 0 Å². The average Bonchev–Trinajstić information content (AvgIpc) is 3.70. The number of alkyl halides is 5. The molecule has 0 bridgehead atoms. The number of aldehydes is 1. The van der Waals surface area contributed by atoms with Crippen molar-refractivity contribution >= 4 is 76.9 Å². The van der Waals surface area contributed by atoms with E-state index in [-0.39, 0.29) is 11.6 Å². The minimum absolute atomic E-state index is 0. The molecule has 0 radical (unpaired) electrons. The highest BCUT2D eigenvalue weighted by Gasteiger charge is 2.41. The highest BCUT2D eigenvalue weighted by atomic mass is 79.9. The Kier molecular flexibility index (Phi) is 16.4. The molecule has 2 aliphatic rings. The number of hydrogen-bond donors (Lipinski definition) is 2. The number of likely N-dealkylation sites (N-methyl/N-ethyl adjacent to an activating group) is 2. The summed E-state index contributed by atoms with van der Waals surface area (Å²) in [6.07, 6.45) is 1.52. The first-order chi connectivity index (χ1) is 19.4. The monoisotopic (exact) mass is 777 g/mol. The van der Waals surface area contributed by atoms with Gasteiger partial charge in [0.2, 0.25) is 0 Å². The molecule has 0 saturated carbocycles. The van der Waals surface area contributed by atoms with Crippen molar-refractivity contribution in [2.24, 2.45) is 0 Å². The molecule has 5 heterocycles. The van der Waals surface area contributed by atoms with Gasteiger partial charge >= 0.3 is 6.18 Å². The highest BCUT2D eigenvalue weighted by molar-refractivity contribution is 9.25. The number of hydrogen-bond acceptors (Lipinski definition) is 12. The molecule has 0 amide bonds. The van der Waals surface area contributed by atoms with E-state index in [1.807, 2.05) is 19.3 Å². The maximum Gasteiger partial charge on any atom is 0.452 e. The summed E-state index contributed by atoms with van der Waals surface area (Å²) in [5, 5.41) is 2.08. The van der Waals surface area contributed by atoms with Crippen molar-refractivity contribution in [3.8, 4) is 10.7 Å². The number of thiazole rings is 2. The van der Waals surface area contributed by atoms with Crippen LogP contribution in [0.1, 0.15) is 15.4 Å². The van der Waals surface area contributed by atoms with Gasteiger partial charge in [-0.25, -0.2) is 15.0 Å². The average molecular weight is 780 g/mol. The summed E-state index contributed by atoms with van der Waals surface area (Å²) in [6, 6.07) is 0. The van der Waals surface area contributed by atoms with E-state index in [2.05, 4.69) is 85.5 Å². The van der Waals surface area contributed by atoms with E-state index >= 15 is 0 Å². The summed E-state index contributed by atoms with van der Waals surface area (Å²) >= 11 is 8.02. The van der Waals surface area contributed by atoms with Gasteiger partial charge in [0.1, 0.15) is 9.56 Å². The second-order valence-electron chi connectivity index (χ2n) is 9.33. The Hall–Kier alpha value is -2.00. The number of halogens is 5. The largest absolute Gasteiger partial charge is 0.452 e. The standard InChI is InChI=1S/C12H17N5S.C9H13N3OS.C3HBr2F3O.H3N.H2O/c1-9-7-13-11(15-9)10-8-14-12(18-10)17-5-3-16(2)4-6-17;1-11-2-4-12(5-3-11)9-10-6-8(7-13)14-9;4-2(5)1(9)3(6,7)8;;/h7-8H,3-6H2,1-2H3,(H,13,15);6-7H,2-5H2,1H3;2H;1H3;1H2. The summed E-state index contributed by atoms with van der Waals surface area (Å²) in [6.45, 7) is 10.5. The van der Waals surface area contributed by atoms with Crippen molar-refractivity contribution in [2.45, 2.75) is 16.8 Å². The SMILES string of the molecule is CN1CCN(c2ncc(C=O)s2)CC1.Cc1cnc(-c2cnc(N3CCN(C)CC3)s2)[nH]1.N.O.O=C(C(Br)Br)C(F)(F)F. The Morgan fingerprint density at radius 2 is 1.40 bits per heavy atom. The lowest BCUT2D eigenvalue weighted by Gasteiger charge is -2.32. The molecule has 242 valence electrons. The van der Waals surface area contributed by atoms with Crippen LogP contribution in [0.15, 0.2) is 18.6 Å². The number of nitrogens with zero attached hydrogens (tertiary/aromatic N) is 7. The third-order valence-corrected chi connectivity index (χ3v) is 8.96. The summed E-state index contributed by atoms with van der Waals surface area (Å²) in [5.41, 5.74) is 1.08. The lowest BCUT2D eigenvalue weighted by atomic mass is 10.3. The molecule has 0 aliphatic carbocycles. The zero-order valence-electron chi connectivity index (χ0n) is 23.9. The van der Waals surface area contributed by atoms with Gasteiger partial charge in [-0.05, 0) is 21.0 Å². The topological polar surface area (TPSA) is 168 Å². The van der Waals surface area contributed by atoms with Crippen LogP contribution in [-0.4, -0.2) is 124 Å². The molecule has 0 unspecified atom stereocenters. The third kappa shape index (κ3) is 12.1. The number of anilines is 2. The Bertz CT molecular complexity index is 1260. The maximum absolute atomic E-state index is 11.3. The molecular formula is C24H36Br2F3N9O3S2. The number of carbonyl (C=O) groups is 2. The van der Waals surface area contributed by atoms with Crippen LogP contribution in [0.5, 0.6) is 0 Å². The molecule has 0 atom stereocenters. The number of carbonyl (C=O) groups excluding carboxylic acids is 2. The Morgan fingerprint density at radius 3 is 1.77 bits per heavy atom. The number of imidazole rings is 1. The molecule has 0 spiro atoms. The van der Waals surface area contributed by atoms with Crippen LogP contribution in [0, 0.1) is 6.92 Å². The molecule has 3 aromatic heterocycles. The quantitative estimate of drug-likeness (QED) is 0.287. The lowest BCUT2D eigenvalue weighted by Crippen LogP contribution is -2.44. The van der Waals surface area contributed by atoms with Crippen LogP contribution in [0.2, 0.25) is 0 Å². The maximum atomic E-state index is 11.3. The van der Waals surface area contributed by atoms with Crippen LogP contribution in [0.25, 0.3) is 10.7 Å². The van der Waals surface area contributed by atoms with Crippen LogP contribution >= 0.6 is 54.5 Å². The van der Waals surface area contributed by atoms with Crippen molar-refractivity contribution in [3.63, 3.8) is 0 Å². The van der Waals surface area contributed by atoms with Gasteiger partial charge in [-0.1, -0.05) is 54.5 Å². The molecular weight excluding hydrogens is 743 g/mol. The minimum Gasteiger partial charge on any atom is -0.412 e. The molecule has 5 rings (SSSR count). The van der Waals surface area contributed by atoms with Crippen LogP contribution in [0.3, 0.4) is 0 Å². The predicted molar refractivity (Wildman–Crippen MR) is 173 cm³/mol. The van der Waals surface area contributed by atoms with Crippen molar-refractivity contribution < 1.29 is 28.2 Å². The van der Waals surface area contributed by atoms with Crippen molar-refractivity contribution in [3.05, 3.63) is 29.2 Å². The van der Waals surface area contributed by atoms with Gasteiger partial charge in [-0.3, -0.25) is 9.59 Å². The first-order valence-electron chi connectivity index (χ1n) is 12.5. The lowest BCUT2D eigenvalue weighted by molar-refractivity contribution is -0.168. The molecule has 2 fully saturated rings. The third-order valence-electron chi connectivity index (χ3n) is 6.08. The van der Waals surface area contributed by atoms with E-state index in [9.17, 15) is 22.8 Å². The molecule has 0 aromatic carbocycles. The molecule has 2 saturated heterocycles. The van der Waals surface area contributed by atoms with E-state index in [1.54, 1.807) is 17.5 Å². The summed E-state index contributed by atoms with van der Waals surface area (Å²) < 4.78 is 32.5. The van der Waals surface area contributed by atoms with Gasteiger partial charge < -0.3 is 36.2 Å². The Labute approximate surface area is 272 Å². The van der Waals surface area contributed by atoms with Crippen LogP contribution < -0.4 is 16.0 Å². The van der Waals surface area contributed by atoms with E-state index in [0.29, 0.717) is 4.88 Å². The van der Waals surface area contributed by atoms with Crippen molar-refractivity contribution in [1.82, 2.24) is 35.9 Å². The first-order valence-corrected chi connectivity index (χ1v) is 16.0. The fourth-order valence-electron chi connectivity index (χ4n) is 3.66. The fraction of sp³-hybridized carbons (Fsp3) is 0.542. The zero-order valence-corrected chi connectivity index (χ0v) is 28.7. The zero-order chi connectivity index (χ0) is 30.2. The first kappa shape index (κ1) is 39.0. The van der Waals surface area contributed by atoms with Gasteiger partial charge in [-0.2, -0.15) is 13.2 Å². The van der Waals surface area contributed by atoms with E-state index < -0.39 is 15.7 Å². The number of aromatic nitrogens is 4. The van der Waals surface area contributed by atoms with Crippen LogP contribution in [-0.2, 0) is 4.79 Å². The highest BCUT2D eigenvalue weighted by Crippen LogP contribution is 2.30. The van der Waals surface area contributed by atoms with Gasteiger partial charge in [0.05, 0.1) is 22.1 Å².